The van der Waals surface area contributed by atoms with Crippen LogP contribution in [0, 0.1) is 27.7 Å². The smallest absolute Gasteiger partial charge is 0.698 e. The molecule has 8 aromatic rings. The van der Waals surface area contributed by atoms with E-state index in [1.54, 1.807) is 12.4 Å². The van der Waals surface area contributed by atoms with Crippen LogP contribution in [-0.2, 0) is 32.7 Å². The zero-order valence-corrected chi connectivity index (χ0v) is 52.8. The van der Waals surface area contributed by atoms with E-state index in [4.69, 9.17) is 21.8 Å². The number of aryl methyl sites for hydroxylation is 4. The van der Waals surface area contributed by atoms with Crippen LogP contribution in [0.1, 0.15) is 200 Å². The molecule has 402 valence electrons. The Morgan fingerprint density at radius 2 is 0.727 bits per heavy atom. The van der Waals surface area contributed by atoms with Gasteiger partial charge in [-0.05, 0) is 138 Å². The summed E-state index contributed by atoms with van der Waals surface area (Å²) in [5.74, 6) is 3.93. The number of nitrogens with zero attached hydrogens (tertiary/aromatic N) is 4. The summed E-state index contributed by atoms with van der Waals surface area (Å²) in [6.07, 6.45) is 3.54. The van der Waals surface area contributed by atoms with Crippen molar-refractivity contribution in [3.8, 4) is 22.6 Å². The molecule has 0 saturated carbocycles. The van der Waals surface area contributed by atoms with Crippen LogP contribution in [0.5, 0.6) is 0 Å². The summed E-state index contributed by atoms with van der Waals surface area (Å²) in [7, 11) is 0. The van der Waals surface area contributed by atoms with E-state index >= 15 is 0 Å². The molecule has 6 nitrogen and oxygen atoms in total. The number of hydrogen-bond acceptors (Lipinski definition) is 3. The molecule has 77 heavy (non-hydrogen) atoms. The molecule has 0 bridgehead atoms. The predicted octanol–water partition coefficient (Wildman–Crippen LogP) is 22.8. The molecule has 0 atom stereocenters. The van der Waals surface area contributed by atoms with E-state index in [1.807, 2.05) is 60.7 Å². The first-order valence-electron chi connectivity index (χ1n) is 27.5. The molecule has 0 saturated heterocycles. The maximum Gasteiger partial charge on any atom is 3.00 e. The fraction of sp³-hybridized carbons (Fsp3) is 0.357. The third-order valence-electron chi connectivity index (χ3n) is 13.3. The van der Waals surface area contributed by atoms with E-state index in [1.165, 1.54) is 44.5 Å². The second-order valence-corrected chi connectivity index (χ2v) is 22.1. The largest absolute Gasteiger partial charge is 3.00 e. The van der Waals surface area contributed by atoms with Crippen LogP contribution >= 0.6 is 0 Å². The molecule has 0 unspecified atom stereocenters. The van der Waals surface area contributed by atoms with Gasteiger partial charge in [0.2, 0.25) is 0 Å². The van der Waals surface area contributed by atoms with Crippen molar-refractivity contribution in [1.82, 2.24) is 15.0 Å². The Hall–Kier alpha value is -5.95. The monoisotopic (exact) mass is 1100 g/mol. The Morgan fingerprint density at radius 1 is 0.364 bits per heavy atom. The van der Waals surface area contributed by atoms with E-state index in [2.05, 4.69) is 220 Å². The molecule has 0 spiro atoms. The topological polar surface area (TPSA) is 100 Å². The van der Waals surface area contributed by atoms with Crippen molar-refractivity contribution in [2.24, 2.45) is 0 Å². The number of aromatic nitrogens is 3. The Bertz CT molecular complexity index is 2790. The maximum atomic E-state index is 8.01. The third kappa shape index (κ3) is 19.8. The summed E-state index contributed by atoms with van der Waals surface area (Å²) in [6.45, 7) is 39.2. The van der Waals surface area contributed by atoms with Gasteiger partial charge in [0.25, 0.3) is 0 Å². The number of nitrogens with one attached hydrogen (secondary N) is 2. The minimum Gasteiger partial charge on any atom is -0.698 e. The average Bonchev–Trinajstić information content (AvgIpc) is 3.38. The quantitative estimate of drug-likeness (QED) is 0.129. The standard InChI is InChI=1S/C29H37N2.2C12H18N.C10H8N2.C7H8.Y/c1-17(2)23-15-24(18(3)4)28(25(16-23)19(5)6)26-11-10-12-27(30-26)31-29-21(8)13-20(7)14-22(29)9;2*1-8(2)10-6-5-7-11(9(3)4)12(10)13;1-3-7-11-9(5-1)10-6-2-4-8-12-10;1-7-5-3-2-4-6-7;/h10-19H,1-9H3;2*5-9,13H,1-4H3;1-8H;2-6H,1H3;/q3*-1;;;+3. The van der Waals surface area contributed by atoms with Crippen LogP contribution in [0.3, 0.4) is 0 Å². The Morgan fingerprint density at radius 3 is 1.05 bits per heavy atom. The van der Waals surface area contributed by atoms with Crippen LogP contribution < -0.4 is 0 Å². The van der Waals surface area contributed by atoms with Gasteiger partial charge < -0.3 is 21.8 Å². The zero-order valence-electron chi connectivity index (χ0n) is 49.9. The normalized spacial score (nSPS) is 10.8. The van der Waals surface area contributed by atoms with Gasteiger partial charge in [0.1, 0.15) is 0 Å². The van der Waals surface area contributed by atoms with Crippen molar-refractivity contribution >= 4 is 22.9 Å². The third-order valence-corrected chi connectivity index (χ3v) is 13.3. The fourth-order valence-electron chi connectivity index (χ4n) is 9.00. The van der Waals surface area contributed by atoms with Gasteiger partial charge in [-0.1, -0.05) is 257 Å². The molecule has 8 rings (SSSR count). The molecule has 0 aliphatic heterocycles. The summed E-state index contributed by atoms with van der Waals surface area (Å²) < 4.78 is 0. The molecule has 3 aromatic heterocycles. The minimum atomic E-state index is 0. The summed E-state index contributed by atoms with van der Waals surface area (Å²) in [6, 6.07) is 49.6. The van der Waals surface area contributed by atoms with E-state index in [0.29, 0.717) is 41.4 Å². The molecular formula is C70H89N6Y. The summed E-state index contributed by atoms with van der Waals surface area (Å²) >= 11 is 0. The SMILES string of the molecule is CC(C)c1cccc(C(C)C)c1[NH-].CC(C)c1cccc(C(C)C)c1[NH-].Cc1cc(C)c([N-]c2cccc(-c3c(C(C)C)cc(C(C)C)cc3C(C)C)n2)c(C)c1.Cc1ccccc1.[Y+3].c1ccc(-c2ccccn2)nc1. The molecule has 3 heterocycles. The second kappa shape index (κ2) is 32.1. The predicted molar refractivity (Wildman–Crippen MR) is 331 cm³/mol. The van der Waals surface area contributed by atoms with Crippen LogP contribution in [0.25, 0.3) is 39.4 Å². The Balaban J connectivity index is 0.000000281. The van der Waals surface area contributed by atoms with E-state index in [-0.39, 0.29) is 32.7 Å². The van der Waals surface area contributed by atoms with Crippen LogP contribution in [-0.4, -0.2) is 15.0 Å². The van der Waals surface area contributed by atoms with Gasteiger partial charge in [-0.25, -0.2) is 0 Å². The summed E-state index contributed by atoms with van der Waals surface area (Å²) in [5.41, 5.74) is 36.4. The van der Waals surface area contributed by atoms with Gasteiger partial charge in [0.15, 0.2) is 0 Å². The van der Waals surface area contributed by atoms with Gasteiger partial charge in [0.05, 0.1) is 11.4 Å². The van der Waals surface area contributed by atoms with Crippen molar-refractivity contribution in [3.63, 3.8) is 0 Å². The van der Waals surface area contributed by atoms with Crippen LogP contribution in [0.2, 0.25) is 0 Å². The first-order valence-corrected chi connectivity index (χ1v) is 27.5. The molecule has 5 aromatic carbocycles. The van der Waals surface area contributed by atoms with Gasteiger partial charge in [-0.2, -0.15) is 0 Å². The van der Waals surface area contributed by atoms with Crippen LogP contribution in [0.15, 0.2) is 158 Å². The number of hydrogen-bond donors (Lipinski definition) is 0. The maximum absolute atomic E-state index is 8.01. The number of pyridine rings is 3. The van der Waals surface area contributed by atoms with E-state index < -0.39 is 0 Å². The van der Waals surface area contributed by atoms with Crippen LogP contribution in [0.4, 0.5) is 22.9 Å². The summed E-state index contributed by atoms with van der Waals surface area (Å²) in [5, 5.41) is 4.95. The molecule has 0 fully saturated rings. The second-order valence-electron chi connectivity index (χ2n) is 22.1. The fourth-order valence-corrected chi connectivity index (χ4v) is 9.00. The molecule has 0 radical (unpaired) electrons. The first-order chi connectivity index (χ1) is 36.0. The molecular weight excluding hydrogens is 1010 g/mol. The van der Waals surface area contributed by atoms with Gasteiger partial charge >= 0.3 is 32.7 Å². The zero-order chi connectivity index (χ0) is 56.2. The Kier molecular flexibility index (Phi) is 27.2. The summed E-state index contributed by atoms with van der Waals surface area (Å²) in [4.78, 5) is 13.4. The van der Waals surface area contributed by atoms with E-state index in [0.717, 1.165) is 62.2 Å². The molecule has 0 aliphatic rings. The molecule has 2 N–H and O–H groups in total. The minimum absolute atomic E-state index is 0. The average molecular weight is 1100 g/mol. The Labute approximate surface area is 491 Å². The van der Waals surface area contributed by atoms with Gasteiger partial charge in [-0.15, -0.1) is 11.4 Å². The number of rotatable bonds is 11. The molecule has 0 amide bonds. The van der Waals surface area contributed by atoms with Crippen molar-refractivity contribution in [1.29, 1.82) is 0 Å². The van der Waals surface area contributed by atoms with Crippen molar-refractivity contribution in [3.05, 3.63) is 236 Å². The van der Waals surface area contributed by atoms with Gasteiger partial charge in [-0.3, -0.25) is 9.97 Å². The van der Waals surface area contributed by atoms with Gasteiger partial charge in [0, 0.05) is 12.4 Å². The first kappa shape index (κ1) is 65.3. The number of benzene rings is 5. The molecule has 0 aliphatic carbocycles. The molecule has 7 heteroatoms. The van der Waals surface area contributed by atoms with Crippen molar-refractivity contribution < 1.29 is 32.7 Å². The van der Waals surface area contributed by atoms with Crippen molar-refractivity contribution in [2.45, 2.75) is 166 Å². The van der Waals surface area contributed by atoms with Crippen molar-refractivity contribution in [2.75, 3.05) is 0 Å². The van der Waals surface area contributed by atoms with E-state index in [9.17, 15) is 0 Å².